The van der Waals surface area contributed by atoms with E-state index in [1.807, 2.05) is 0 Å². The molecule has 2 nitrogen and oxygen atoms in total. The van der Waals surface area contributed by atoms with Crippen molar-refractivity contribution in [3.8, 4) is 0 Å². The van der Waals surface area contributed by atoms with Gasteiger partial charge in [-0.05, 0) is 40.5 Å². The highest BCUT2D eigenvalue weighted by Gasteiger charge is 2.36. The van der Waals surface area contributed by atoms with Gasteiger partial charge >= 0.3 is 6.18 Å². The smallest absolute Gasteiger partial charge is 0.398 e. The molecule has 0 aromatic heterocycles. The predicted molar refractivity (Wildman–Crippen MR) is 58.9 cm³/mol. The molecule has 1 unspecified atom stereocenters. The van der Waals surface area contributed by atoms with Crippen LogP contribution in [0.15, 0.2) is 22.7 Å². The van der Waals surface area contributed by atoms with Crippen LogP contribution in [-0.2, 0) is 11.3 Å². The third-order valence-corrected chi connectivity index (χ3v) is 2.74. The van der Waals surface area contributed by atoms with E-state index >= 15 is 0 Å². The summed E-state index contributed by atoms with van der Waals surface area (Å²) in [5.41, 5.74) is 6.67. The number of ether oxygens (including phenoxy) is 1. The largest absolute Gasteiger partial charge is 0.414 e. The van der Waals surface area contributed by atoms with Crippen LogP contribution < -0.4 is 5.73 Å². The zero-order chi connectivity index (χ0) is 12.3. The van der Waals surface area contributed by atoms with Crippen molar-refractivity contribution < 1.29 is 17.9 Å². The SMILES string of the molecule is CC(OCc1ccc(Br)c(N)c1)C(F)(F)F. The average Bonchev–Trinajstić information content (AvgIpc) is 2.18. The highest BCUT2D eigenvalue weighted by Crippen LogP contribution is 2.25. The van der Waals surface area contributed by atoms with Crippen molar-refractivity contribution in [2.45, 2.75) is 25.8 Å². The maximum atomic E-state index is 12.1. The number of nitrogens with two attached hydrogens (primary N) is 1. The van der Waals surface area contributed by atoms with Gasteiger partial charge in [0.15, 0.2) is 6.10 Å². The van der Waals surface area contributed by atoms with E-state index in [9.17, 15) is 13.2 Å². The minimum atomic E-state index is -4.33. The monoisotopic (exact) mass is 297 g/mol. The lowest BCUT2D eigenvalue weighted by Gasteiger charge is -2.16. The molecule has 0 aliphatic heterocycles. The molecule has 6 heteroatoms. The zero-order valence-corrected chi connectivity index (χ0v) is 10.1. The highest BCUT2D eigenvalue weighted by atomic mass is 79.9. The normalized spacial score (nSPS) is 13.8. The average molecular weight is 298 g/mol. The molecule has 90 valence electrons. The van der Waals surface area contributed by atoms with E-state index in [1.165, 1.54) is 0 Å². The van der Waals surface area contributed by atoms with Gasteiger partial charge in [-0.3, -0.25) is 0 Å². The van der Waals surface area contributed by atoms with E-state index < -0.39 is 12.3 Å². The first-order valence-corrected chi connectivity index (χ1v) is 5.32. The number of benzene rings is 1. The Morgan fingerprint density at radius 3 is 2.56 bits per heavy atom. The molecule has 0 spiro atoms. The van der Waals surface area contributed by atoms with E-state index in [2.05, 4.69) is 15.9 Å². The van der Waals surface area contributed by atoms with Gasteiger partial charge in [-0.15, -0.1) is 0 Å². The summed E-state index contributed by atoms with van der Waals surface area (Å²) in [4.78, 5) is 0. The Kier molecular flexibility index (Phi) is 4.21. The van der Waals surface area contributed by atoms with E-state index in [1.54, 1.807) is 18.2 Å². The van der Waals surface area contributed by atoms with Crippen molar-refractivity contribution in [1.82, 2.24) is 0 Å². The molecule has 0 saturated heterocycles. The van der Waals surface area contributed by atoms with Crippen molar-refractivity contribution in [3.05, 3.63) is 28.2 Å². The van der Waals surface area contributed by atoms with Crippen LogP contribution in [0, 0.1) is 0 Å². The molecule has 0 saturated carbocycles. The number of alkyl halides is 3. The molecular formula is C10H11BrF3NO. The molecule has 0 aliphatic carbocycles. The summed E-state index contributed by atoms with van der Waals surface area (Å²) in [5.74, 6) is 0. The van der Waals surface area contributed by atoms with Crippen LogP contribution in [0.2, 0.25) is 0 Å². The predicted octanol–water partition coefficient (Wildman–Crippen LogP) is 3.50. The summed E-state index contributed by atoms with van der Waals surface area (Å²) in [5, 5.41) is 0. The highest BCUT2D eigenvalue weighted by molar-refractivity contribution is 9.10. The van der Waals surface area contributed by atoms with Gasteiger partial charge in [0.25, 0.3) is 0 Å². The third kappa shape index (κ3) is 3.68. The molecule has 16 heavy (non-hydrogen) atoms. The van der Waals surface area contributed by atoms with Crippen LogP contribution >= 0.6 is 15.9 Å². The topological polar surface area (TPSA) is 35.2 Å². The molecule has 0 bridgehead atoms. The summed E-state index contributed by atoms with van der Waals surface area (Å²) in [6.07, 6.45) is -6.11. The Labute approximate surface area is 99.7 Å². The summed E-state index contributed by atoms with van der Waals surface area (Å²) >= 11 is 3.20. The second-order valence-electron chi connectivity index (χ2n) is 3.35. The lowest BCUT2D eigenvalue weighted by atomic mass is 10.2. The van der Waals surface area contributed by atoms with Crippen LogP contribution in [0.5, 0.6) is 0 Å². The van der Waals surface area contributed by atoms with Crippen molar-refractivity contribution in [2.24, 2.45) is 0 Å². The number of hydrogen-bond donors (Lipinski definition) is 1. The summed E-state index contributed by atoms with van der Waals surface area (Å²) in [6.45, 7) is 0.861. The van der Waals surface area contributed by atoms with Crippen LogP contribution in [0.3, 0.4) is 0 Å². The van der Waals surface area contributed by atoms with Gasteiger partial charge in [-0.25, -0.2) is 0 Å². The number of halogens is 4. The summed E-state index contributed by atoms with van der Waals surface area (Å²) in [6, 6.07) is 4.91. The van der Waals surface area contributed by atoms with Crippen LogP contribution in [-0.4, -0.2) is 12.3 Å². The van der Waals surface area contributed by atoms with Crippen molar-refractivity contribution >= 4 is 21.6 Å². The van der Waals surface area contributed by atoms with E-state index in [0.29, 0.717) is 15.7 Å². The number of nitrogen functional groups attached to an aromatic ring is 1. The summed E-state index contributed by atoms with van der Waals surface area (Å²) < 4.78 is 41.8. The Bertz CT molecular complexity index is 368. The lowest BCUT2D eigenvalue weighted by molar-refractivity contribution is -0.217. The number of rotatable bonds is 3. The first-order valence-electron chi connectivity index (χ1n) is 4.53. The van der Waals surface area contributed by atoms with Crippen LogP contribution in [0.4, 0.5) is 18.9 Å². The summed E-state index contributed by atoms with van der Waals surface area (Å²) in [7, 11) is 0. The van der Waals surface area contributed by atoms with Gasteiger partial charge in [-0.2, -0.15) is 13.2 Å². The molecule has 0 heterocycles. The van der Waals surface area contributed by atoms with Gasteiger partial charge in [0, 0.05) is 10.2 Å². The number of anilines is 1. The van der Waals surface area contributed by atoms with Crippen molar-refractivity contribution in [2.75, 3.05) is 5.73 Å². The zero-order valence-electron chi connectivity index (χ0n) is 8.51. The molecule has 1 atom stereocenters. The minimum Gasteiger partial charge on any atom is -0.398 e. The third-order valence-electron chi connectivity index (χ3n) is 2.02. The Morgan fingerprint density at radius 1 is 1.44 bits per heavy atom. The Hall–Kier alpha value is -0.750. The molecule has 1 rings (SSSR count). The molecular weight excluding hydrogens is 287 g/mol. The van der Waals surface area contributed by atoms with Gasteiger partial charge in [-0.1, -0.05) is 6.07 Å². The Morgan fingerprint density at radius 2 is 2.06 bits per heavy atom. The van der Waals surface area contributed by atoms with Crippen LogP contribution in [0.1, 0.15) is 12.5 Å². The fourth-order valence-corrected chi connectivity index (χ4v) is 1.25. The van der Waals surface area contributed by atoms with E-state index in [-0.39, 0.29) is 6.61 Å². The fourth-order valence-electron chi connectivity index (χ4n) is 0.999. The molecule has 0 radical (unpaired) electrons. The molecule has 0 fully saturated rings. The van der Waals surface area contributed by atoms with Crippen molar-refractivity contribution in [1.29, 1.82) is 0 Å². The molecule has 0 aliphatic rings. The fraction of sp³-hybridized carbons (Fsp3) is 0.400. The van der Waals surface area contributed by atoms with Crippen LogP contribution in [0.25, 0.3) is 0 Å². The van der Waals surface area contributed by atoms with Crippen molar-refractivity contribution in [3.63, 3.8) is 0 Å². The second kappa shape index (κ2) is 5.05. The van der Waals surface area contributed by atoms with Gasteiger partial charge in [0.2, 0.25) is 0 Å². The molecule has 2 N–H and O–H groups in total. The van der Waals surface area contributed by atoms with Gasteiger partial charge < -0.3 is 10.5 Å². The van der Waals surface area contributed by atoms with E-state index in [4.69, 9.17) is 10.5 Å². The molecule has 0 amide bonds. The maximum absolute atomic E-state index is 12.1. The molecule has 1 aromatic carbocycles. The second-order valence-corrected chi connectivity index (χ2v) is 4.21. The first kappa shape index (κ1) is 13.3. The standard InChI is InChI=1S/C10H11BrF3NO/c1-6(10(12,13)14)16-5-7-2-3-8(11)9(15)4-7/h2-4,6H,5,15H2,1H3. The maximum Gasteiger partial charge on any atom is 0.414 e. The number of hydrogen-bond acceptors (Lipinski definition) is 2. The van der Waals surface area contributed by atoms with Gasteiger partial charge in [0.05, 0.1) is 6.61 Å². The quantitative estimate of drug-likeness (QED) is 0.867. The lowest BCUT2D eigenvalue weighted by Crippen LogP contribution is -2.28. The minimum absolute atomic E-state index is 0.113. The van der Waals surface area contributed by atoms with E-state index in [0.717, 1.165) is 6.92 Å². The Balaban J connectivity index is 2.58. The molecule has 1 aromatic rings. The van der Waals surface area contributed by atoms with Gasteiger partial charge in [0.1, 0.15) is 0 Å². The first-order chi connectivity index (χ1) is 7.30.